The molecule has 0 spiro atoms. The zero-order chi connectivity index (χ0) is 19.0. The summed E-state index contributed by atoms with van der Waals surface area (Å²) >= 11 is 6.60. The summed E-state index contributed by atoms with van der Waals surface area (Å²) in [6, 6.07) is 5.61. The number of halogens is 1. The van der Waals surface area contributed by atoms with Gasteiger partial charge in [-0.1, -0.05) is 41.5 Å². The maximum atomic E-state index is 12.0. The van der Waals surface area contributed by atoms with Crippen molar-refractivity contribution < 1.29 is 14.3 Å². The minimum absolute atomic E-state index is 0.0502. The predicted molar refractivity (Wildman–Crippen MR) is 106 cm³/mol. The van der Waals surface area contributed by atoms with E-state index < -0.39 is 0 Å². The van der Waals surface area contributed by atoms with E-state index >= 15 is 0 Å². The monoisotopic (exact) mass is 385 g/mol. The Morgan fingerprint density at radius 1 is 1.41 bits per heavy atom. The average Bonchev–Trinajstić information content (AvgIpc) is 2.68. The first-order chi connectivity index (χ1) is 13.1. The van der Waals surface area contributed by atoms with E-state index in [4.69, 9.17) is 21.1 Å². The van der Waals surface area contributed by atoms with Crippen molar-refractivity contribution in [1.29, 1.82) is 0 Å². The Labute approximate surface area is 164 Å². The molecule has 5 heteroatoms. The standard InChI is InChI=1S/C22H24ClNO3/c1-3-26-22(25)14-7-8-15(18(23)12-14)20-16-5-4-10-27-21(16)17-11-13(2)6-9-19(17)24-20/h6-9,11-12,16,19-20,24H,3-5,10H2,1-2H3/t16-,19?,20-/m1/s1. The third-order valence-electron chi connectivity index (χ3n) is 5.42. The number of rotatable bonds is 3. The van der Waals surface area contributed by atoms with Crippen molar-refractivity contribution >= 4 is 17.6 Å². The van der Waals surface area contributed by atoms with E-state index in [0.717, 1.165) is 30.8 Å². The lowest BCUT2D eigenvalue weighted by Gasteiger charge is -2.42. The summed E-state index contributed by atoms with van der Waals surface area (Å²) in [6.07, 6.45) is 8.61. The maximum absolute atomic E-state index is 12.0. The van der Waals surface area contributed by atoms with Crippen molar-refractivity contribution in [2.24, 2.45) is 5.92 Å². The summed E-state index contributed by atoms with van der Waals surface area (Å²) in [5.41, 5.74) is 3.94. The highest BCUT2D eigenvalue weighted by Gasteiger charge is 2.40. The molecule has 1 fully saturated rings. The minimum Gasteiger partial charge on any atom is -0.497 e. The summed E-state index contributed by atoms with van der Waals surface area (Å²) in [5, 5.41) is 4.32. The summed E-state index contributed by atoms with van der Waals surface area (Å²) in [5.74, 6) is 0.984. The molecule has 1 aromatic rings. The van der Waals surface area contributed by atoms with E-state index in [9.17, 15) is 4.79 Å². The smallest absolute Gasteiger partial charge is 0.338 e. The zero-order valence-corrected chi connectivity index (χ0v) is 16.4. The van der Waals surface area contributed by atoms with Gasteiger partial charge in [-0.2, -0.15) is 0 Å². The molecule has 1 aromatic carbocycles. The SMILES string of the molecule is CCOC(=O)c1ccc([C@H]2NC3C=CC(C)=CC3=C3OCCC[C@@H]32)c(Cl)c1. The number of ether oxygens (including phenoxy) is 2. The molecule has 0 radical (unpaired) electrons. The van der Waals surface area contributed by atoms with Crippen LogP contribution in [0.2, 0.25) is 5.02 Å². The third kappa shape index (κ3) is 3.44. The second kappa shape index (κ2) is 7.53. The highest BCUT2D eigenvalue weighted by molar-refractivity contribution is 6.31. The van der Waals surface area contributed by atoms with E-state index in [-0.39, 0.29) is 24.0 Å². The molecule has 0 saturated carbocycles. The molecule has 27 heavy (non-hydrogen) atoms. The molecule has 1 aliphatic carbocycles. The van der Waals surface area contributed by atoms with Crippen molar-refractivity contribution in [2.75, 3.05) is 13.2 Å². The summed E-state index contributed by atoms with van der Waals surface area (Å²) in [7, 11) is 0. The quantitative estimate of drug-likeness (QED) is 0.764. The van der Waals surface area contributed by atoms with Crippen LogP contribution in [0, 0.1) is 5.92 Å². The fourth-order valence-electron chi connectivity index (χ4n) is 4.18. The van der Waals surface area contributed by atoms with Gasteiger partial charge in [0.15, 0.2) is 0 Å². The van der Waals surface area contributed by atoms with Gasteiger partial charge in [-0.3, -0.25) is 5.32 Å². The van der Waals surface area contributed by atoms with Crippen LogP contribution in [0.1, 0.15) is 48.7 Å². The van der Waals surface area contributed by atoms with Crippen LogP contribution in [-0.4, -0.2) is 25.2 Å². The number of hydrogen-bond acceptors (Lipinski definition) is 4. The van der Waals surface area contributed by atoms with Gasteiger partial charge in [0, 0.05) is 22.6 Å². The molecule has 2 heterocycles. The molecule has 3 atom stereocenters. The maximum Gasteiger partial charge on any atom is 0.338 e. The van der Waals surface area contributed by atoms with Crippen LogP contribution in [0.3, 0.4) is 0 Å². The van der Waals surface area contributed by atoms with E-state index in [0.29, 0.717) is 17.2 Å². The Kier molecular flexibility index (Phi) is 5.11. The number of hydrogen-bond donors (Lipinski definition) is 1. The Bertz CT molecular complexity index is 855. The highest BCUT2D eigenvalue weighted by Crippen LogP contribution is 2.44. The van der Waals surface area contributed by atoms with Crippen LogP contribution in [0.15, 0.2) is 53.3 Å². The molecule has 4 nitrogen and oxygen atoms in total. The first-order valence-corrected chi connectivity index (χ1v) is 9.92. The van der Waals surface area contributed by atoms with E-state index in [1.54, 1.807) is 19.1 Å². The molecule has 1 unspecified atom stereocenters. The molecule has 0 aromatic heterocycles. The Hall–Kier alpha value is -2.04. The normalized spacial score (nSPS) is 26.6. The molecule has 3 aliphatic rings. The Balaban J connectivity index is 1.70. The molecule has 0 amide bonds. The van der Waals surface area contributed by atoms with Gasteiger partial charge in [-0.25, -0.2) is 4.79 Å². The third-order valence-corrected chi connectivity index (χ3v) is 5.74. The molecule has 142 valence electrons. The van der Waals surface area contributed by atoms with Crippen molar-refractivity contribution in [2.45, 2.75) is 38.8 Å². The second-order valence-corrected chi connectivity index (χ2v) is 7.65. The topological polar surface area (TPSA) is 47.6 Å². The summed E-state index contributed by atoms with van der Waals surface area (Å²) in [4.78, 5) is 12.0. The summed E-state index contributed by atoms with van der Waals surface area (Å²) in [6.45, 7) is 5.01. The van der Waals surface area contributed by atoms with Gasteiger partial charge < -0.3 is 9.47 Å². The van der Waals surface area contributed by atoms with Gasteiger partial charge in [0.25, 0.3) is 0 Å². The molecular weight excluding hydrogens is 362 g/mol. The largest absolute Gasteiger partial charge is 0.497 e. The highest BCUT2D eigenvalue weighted by atomic mass is 35.5. The van der Waals surface area contributed by atoms with Crippen LogP contribution < -0.4 is 5.32 Å². The average molecular weight is 386 g/mol. The van der Waals surface area contributed by atoms with Crippen LogP contribution in [0.25, 0.3) is 0 Å². The number of nitrogens with one attached hydrogen (secondary N) is 1. The van der Waals surface area contributed by atoms with Gasteiger partial charge >= 0.3 is 5.97 Å². The predicted octanol–water partition coefficient (Wildman–Crippen LogP) is 4.73. The lowest BCUT2D eigenvalue weighted by atomic mass is 9.78. The van der Waals surface area contributed by atoms with Gasteiger partial charge in [-0.15, -0.1) is 0 Å². The number of fused-ring (bicyclic) bond motifs is 2. The fraction of sp³-hybridized carbons (Fsp3) is 0.409. The van der Waals surface area contributed by atoms with Crippen LogP contribution in [-0.2, 0) is 9.47 Å². The van der Waals surface area contributed by atoms with Gasteiger partial charge in [-0.05, 0) is 44.4 Å². The van der Waals surface area contributed by atoms with Crippen molar-refractivity contribution in [3.63, 3.8) is 0 Å². The second-order valence-electron chi connectivity index (χ2n) is 7.24. The first kappa shape index (κ1) is 18.3. The molecule has 4 rings (SSSR count). The van der Waals surface area contributed by atoms with Gasteiger partial charge in [0.05, 0.1) is 24.8 Å². The number of carbonyl (C=O) groups is 1. The molecule has 1 N–H and O–H groups in total. The number of allylic oxidation sites excluding steroid dienone is 2. The van der Waals surface area contributed by atoms with E-state index in [1.165, 1.54) is 11.1 Å². The Morgan fingerprint density at radius 2 is 2.26 bits per heavy atom. The van der Waals surface area contributed by atoms with Crippen molar-refractivity contribution in [1.82, 2.24) is 5.32 Å². The summed E-state index contributed by atoms with van der Waals surface area (Å²) < 4.78 is 11.2. The minimum atomic E-state index is -0.345. The number of benzene rings is 1. The van der Waals surface area contributed by atoms with E-state index in [2.05, 4.69) is 30.5 Å². The molecular formula is C22H24ClNO3. The van der Waals surface area contributed by atoms with Crippen molar-refractivity contribution in [3.8, 4) is 0 Å². The van der Waals surface area contributed by atoms with Crippen LogP contribution in [0.5, 0.6) is 0 Å². The zero-order valence-electron chi connectivity index (χ0n) is 15.6. The Morgan fingerprint density at radius 3 is 3.04 bits per heavy atom. The van der Waals surface area contributed by atoms with E-state index in [1.807, 2.05) is 6.07 Å². The molecule has 2 aliphatic heterocycles. The van der Waals surface area contributed by atoms with Crippen LogP contribution >= 0.6 is 11.6 Å². The molecule has 1 saturated heterocycles. The van der Waals surface area contributed by atoms with Crippen molar-refractivity contribution in [3.05, 3.63) is 69.5 Å². The number of esters is 1. The lowest BCUT2D eigenvalue weighted by Crippen LogP contribution is -2.45. The number of carbonyl (C=O) groups excluding carboxylic acids is 1. The van der Waals surface area contributed by atoms with Crippen LogP contribution in [0.4, 0.5) is 0 Å². The lowest BCUT2D eigenvalue weighted by molar-refractivity contribution is 0.0526. The molecule has 0 bridgehead atoms. The fourth-order valence-corrected chi connectivity index (χ4v) is 4.48. The van der Waals surface area contributed by atoms with Gasteiger partial charge in [0.2, 0.25) is 0 Å². The van der Waals surface area contributed by atoms with Gasteiger partial charge in [0.1, 0.15) is 5.76 Å². The first-order valence-electron chi connectivity index (χ1n) is 9.54.